The van der Waals surface area contributed by atoms with Crippen molar-refractivity contribution < 1.29 is 9.53 Å². The highest BCUT2D eigenvalue weighted by Crippen LogP contribution is 2.21. The molecule has 2 rings (SSSR count). The minimum atomic E-state index is -0.545. The van der Waals surface area contributed by atoms with Gasteiger partial charge in [-0.05, 0) is 12.5 Å². The van der Waals surface area contributed by atoms with Gasteiger partial charge in [0.25, 0.3) is 0 Å². The first-order valence-electron chi connectivity index (χ1n) is 6.33. The molecule has 1 saturated heterocycles. The molecule has 2 N–H and O–H groups in total. The number of hydrogen-bond acceptors (Lipinski definition) is 3. The van der Waals surface area contributed by atoms with Crippen LogP contribution in [0, 0.1) is 0 Å². The number of thiocarbonyl (C=S) groups is 1. The third-order valence-corrected chi connectivity index (χ3v) is 3.55. The normalized spacial score (nSPS) is 20.9. The van der Waals surface area contributed by atoms with Gasteiger partial charge in [0, 0.05) is 6.54 Å². The molecule has 0 bridgehead atoms. The van der Waals surface area contributed by atoms with E-state index in [9.17, 15) is 4.79 Å². The predicted molar refractivity (Wildman–Crippen MR) is 78.0 cm³/mol. The summed E-state index contributed by atoms with van der Waals surface area (Å²) in [6, 6.07) is 9.50. The van der Waals surface area contributed by atoms with Crippen LogP contribution >= 0.6 is 12.2 Å². The van der Waals surface area contributed by atoms with Gasteiger partial charge in [0.1, 0.15) is 5.92 Å². The van der Waals surface area contributed by atoms with Crippen molar-refractivity contribution in [2.24, 2.45) is 5.73 Å². The number of benzene rings is 1. The Kier molecular flexibility index (Phi) is 4.50. The van der Waals surface area contributed by atoms with Crippen molar-refractivity contribution in [3.8, 4) is 0 Å². The smallest absolute Gasteiger partial charge is 0.237 e. The molecule has 2 unspecified atom stereocenters. The first kappa shape index (κ1) is 14.0. The largest absolute Gasteiger partial charge is 0.392 e. The molecule has 0 aliphatic carbocycles. The molecule has 0 aromatic heterocycles. The molecular formula is C14H18N2O2S. The van der Waals surface area contributed by atoms with Gasteiger partial charge in [0.05, 0.1) is 24.2 Å². The van der Waals surface area contributed by atoms with Gasteiger partial charge in [-0.25, -0.2) is 0 Å². The van der Waals surface area contributed by atoms with Gasteiger partial charge in [-0.3, -0.25) is 4.79 Å². The van der Waals surface area contributed by atoms with E-state index in [4.69, 9.17) is 22.7 Å². The van der Waals surface area contributed by atoms with Gasteiger partial charge in [0.2, 0.25) is 5.91 Å². The van der Waals surface area contributed by atoms with Gasteiger partial charge in [0.15, 0.2) is 0 Å². The van der Waals surface area contributed by atoms with Gasteiger partial charge in [-0.1, -0.05) is 42.5 Å². The Bertz CT molecular complexity index is 464. The van der Waals surface area contributed by atoms with Crippen molar-refractivity contribution >= 4 is 23.1 Å². The van der Waals surface area contributed by atoms with Crippen LogP contribution in [0.25, 0.3) is 0 Å². The van der Waals surface area contributed by atoms with Crippen LogP contribution in [0.4, 0.5) is 0 Å². The summed E-state index contributed by atoms with van der Waals surface area (Å²) in [4.78, 5) is 14.7. The second-order valence-corrected chi connectivity index (χ2v) is 5.17. The third kappa shape index (κ3) is 3.11. The minimum absolute atomic E-state index is 0.0329. The Labute approximate surface area is 118 Å². The summed E-state index contributed by atoms with van der Waals surface area (Å²) in [6.45, 7) is 3.68. The zero-order valence-corrected chi connectivity index (χ0v) is 11.7. The fourth-order valence-electron chi connectivity index (χ4n) is 2.29. The van der Waals surface area contributed by atoms with E-state index in [1.165, 1.54) is 0 Å². The zero-order valence-electron chi connectivity index (χ0n) is 10.9. The summed E-state index contributed by atoms with van der Waals surface area (Å²) in [5.74, 6) is -0.578. The molecule has 1 aliphatic heterocycles. The summed E-state index contributed by atoms with van der Waals surface area (Å²) in [5.41, 5.74) is 6.62. The number of nitrogens with two attached hydrogens (primary N) is 1. The quantitative estimate of drug-likeness (QED) is 0.847. The molecule has 1 aliphatic rings. The molecule has 0 radical (unpaired) electrons. The van der Waals surface area contributed by atoms with Crippen LogP contribution < -0.4 is 5.73 Å². The van der Waals surface area contributed by atoms with Crippen molar-refractivity contribution in [1.82, 2.24) is 4.90 Å². The van der Waals surface area contributed by atoms with Crippen LogP contribution in [0.1, 0.15) is 18.4 Å². The highest BCUT2D eigenvalue weighted by Gasteiger charge is 2.32. The van der Waals surface area contributed by atoms with Crippen molar-refractivity contribution in [2.75, 3.05) is 19.8 Å². The first-order valence-corrected chi connectivity index (χ1v) is 6.74. The van der Waals surface area contributed by atoms with E-state index in [1.54, 1.807) is 4.90 Å². The lowest BCUT2D eigenvalue weighted by molar-refractivity contribution is -0.139. The standard InChI is InChI=1S/C14H18N2O2S/c1-10-9-18-8-7-16(10)14(17)12(13(15)19)11-5-3-2-4-6-11/h2-6,10,12H,7-9H2,1H3,(H2,15,19). The molecule has 4 nitrogen and oxygen atoms in total. The fraction of sp³-hybridized carbons (Fsp3) is 0.429. The van der Waals surface area contributed by atoms with E-state index in [1.807, 2.05) is 37.3 Å². The lowest BCUT2D eigenvalue weighted by atomic mass is 9.96. The number of hydrogen-bond donors (Lipinski definition) is 1. The van der Waals surface area contributed by atoms with Crippen LogP contribution in [0.5, 0.6) is 0 Å². The number of morpholine rings is 1. The molecule has 0 saturated carbocycles. The number of carbonyl (C=O) groups is 1. The van der Waals surface area contributed by atoms with Crippen LogP contribution in [0.3, 0.4) is 0 Å². The summed E-state index contributed by atoms with van der Waals surface area (Å²) in [6.07, 6.45) is 0. The highest BCUT2D eigenvalue weighted by atomic mass is 32.1. The molecule has 19 heavy (non-hydrogen) atoms. The molecule has 1 heterocycles. The number of rotatable bonds is 3. The number of carbonyl (C=O) groups excluding carboxylic acids is 1. The molecule has 1 amide bonds. The lowest BCUT2D eigenvalue weighted by Gasteiger charge is -2.35. The van der Waals surface area contributed by atoms with E-state index in [0.29, 0.717) is 19.8 Å². The number of amides is 1. The molecule has 1 aromatic rings. The van der Waals surface area contributed by atoms with E-state index in [-0.39, 0.29) is 16.9 Å². The maximum atomic E-state index is 12.7. The summed E-state index contributed by atoms with van der Waals surface area (Å²) in [5, 5.41) is 0. The van der Waals surface area contributed by atoms with Crippen LogP contribution in [-0.2, 0) is 9.53 Å². The second kappa shape index (κ2) is 6.12. The maximum absolute atomic E-state index is 12.7. The molecule has 0 spiro atoms. The Balaban J connectivity index is 2.24. The molecular weight excluding hydrogens is 260 g/mol. The second-order valence-electron chi connectivity index (χ2n) is 4.70. The van der Waals surface area contributed by atoms with Crippen molar-refractivity contribution in [3.63, 3.8) is 0 Å². The highest BCUT2D eigenvalue weighted by molar-refractivity contribution is 7.80. The monoisotopic (exact) mass is 278 g/mol. The minimum Gasteiger partial charge on any atom is -0.392 e. The van der Waals surface area contributed by atoms with E-state index in [2.05, 4.69) is 0 Å². The van der Waals surface area contributed by atoms with Gasteiger partial charge in [-0.15, -0.1) is 0 Å². The molecule has 5 heteroatoms. The zero-order chi connectivity index (χ0) is 13.8. The van der Waals surface area contributed by atoms with E-state index >= 15 is 0 Å². The molecule has 1 fully saturated rings. The number of ether oxygens (including phenoxy) is 1. The van der Waals surface area contributed by atoms with Crippen LogP contribution in [0.2, 0.25) is 0 Å². The van der Waals surface area contributed by atoms with Crippen LogP contribution in [-0.4, -0.2) is 41.6 Å². The van der Waals surface area contributed by atoms with Crippen molar-refractivity contribution in [1.29, 1.82) is 0 Å². The van der Waals surface area contributed by atoms with E-state index < -0.39 is 5.92 Å². The van der Waals surface area contributed by atoms with Gasteiger partial charge < -0.3 is 15.4 Å². The summed E-state index contributed by atoms with van der Waals surface area (Å²) in [7, 11) is 0. The maximum Gasteiger partial charge on any atom is 0.237 e. The average Bonchev–Trinajstić information content (AvgIpc) is 2.40. The Morgan fingerprint density at radius 1 is 1.47 bits per heavy atom. The third-order valence-electron chi connectivity index (χ3n) is 3.32. The topological polar surface area (TPSA) is 55.6 Å². The van der Waals surface area contributed by atoms with Crippen LogP contribution in [0.15, 0.2) is 30.3 Å². The average molecular weight is 278 g/mol. The van der Waals surface area contributed by atoms with Crippen molar-refractivity contribution in [2.45, 2.75) is 18.9 Å². The Hall–Kier alpha value is -1.46. The molecule has 102 valence electrons. The lowest BCUT2D eigenvalue weighted by Crippen LogP contribution is -2.50. The molecule has 2 atom stereocenters. The Morgan fingerprint density at radius 3 is 2.74 bits per heavy atom. The Morgan fingerprint density at radius 2 is 2.16 bits per heavy atom. The van der Waals surface area contributed by atoms with Crippen molar-refractivity contribution in [3.05, 3.63) is 35.9 Å². The summed E-state index contributed by atoms with van der Waals surface area (Å²) < 4.78 is 5.35. The first-order chi connectivity index (χ1) is 9.11. The van der Waals surface area contributed by atoms with E-state index in [0.717, 1.165) is 5.56 Å². The summed E-state index contributed by atoms with van der Waals surface area (Å²) >= 11 is 5.08. The molecule has 1 aromatic carbocycles. The number of nitrogens with zero attached hydrogens (tertiary/aromatic N) is 1. The van der Waals surface area contributed by atoms with Gasteiger partial charge in [-0.2, -0.15) is 0 Å². The van der Waals surface area contributed by atoms with Gasteiger partial charge >= 0.3 is 0 Å². The fourth-order valence-corrected chi connectivity index (χ4v) is 2.53. The predicted octanol–water partition coefficient (Wildman–Crippen LogP) is 1.30. The SMILES string of the molecule is CC1COCCN1C(=O)C(C(N)=S)c1ccccc1.